The molecule has 5 heteroatoms. The van der Waals surface area contributed by atoms with E-state index in [1.54, 1.807) is 18.5 Å². The first kappa shape index (κ1) is 12.7. The molecule has 0 fully saturated rings. The van der Waals surface area contributed by atoms with E-state index in [9.17, 15) is 0 Å². The summed E-state index contributed by atoms with van der Waals surface area (Å²) in [4.78, 5) is 4.02. The number of hydrogen-bond donors (Lipinski definition) is 0. The van der Waals surface area contributed by atoms with Gasteiger partial charge in [-0.25, -0.2) is 0 Å². The molecular formula is C12H8BrCl2NO. The van der Waals surface area contributed by atoms with Crippen molar-refractivity contribution >= 4 is 39.1 Å². The maximum absolute atomic E-state index is 6.08. The summed E-state index contributed by atoms with van der Waals surface area (Å²) in [5, 5.41) is 0.531. The molecule has 17 heavy (non-hydrogen) atoms. The molecule has 2 nitrogen and oxygen atoms in total. The number of hydrogen-bond acceptors (Lipinski definition) is 2. The van der Waals surface area contributed by atoms with Crippen molar-refractivity contribution in [1.82, 2.24) is 4.98 Å². The lowest BCUT2D eigenvalue weighted by Crippen LogP contribution is -1.91. The van der Waals surface area contributed by atoms with Crippen LogP contribution >= 0.6 is 39.1 Å². The number of pyridine rings is 1. The zero-order valence-electron chi connectivity index (χ0n) is 8.66. The van der Waals surface area contributed by atoms with Crippen molar-refractivity contribution < 1.29 is 4.74 Å². The van der Waals surface area contributed by atoms with Crippen LogP contribution in [0.15, 0.2) is 41.1 Å². The topological polar surface area (TPSA) is 22.1 Å². The van der Waals surface area contributed by atoms with E-state index in [1.165, 1.54) is 0 Å². The quantitative estimate of drug-likeness (QED) is 0.735. The zero-order chi connectivity index (χ0) is 12.3. The number of rotatable bonds is 3. The minimum absolute atomic E-state index is 0.345. The lowest BCUT2D eigenvalue weighted by Gasteiger charge is -2.11. The highest BCUT2D eigenvalue weighted by Crippen LogP contribution is 2.34. The number of ether oxygens (including phenoxy) is 1. The van der Waals surface area contributed by atoms with Crippen molar-refractivity contribution in [1.29, 1.82) is 0 Å². The molecule has 0 bridgehead atoms. The largest absolute Gasteiger partial charge is 0.454 e. The molecule has 88 valence electrons. The van der Waals surface area contributed by atoms with E-state index in [0.29, 0.717) is 22.4 Å². The summed E-state index contributed by atoms with van der Waals surface area (Å²) in [5.41, 5.74) is 0.846. The van der Waals surface area contributed by atoms with Crippen molar-refractivity contribution in [3.8, 4) is 11.5 Å². The molecule has 0 radical (unpaired) electrons. The Kier molecular flexibility index (Phi) is 4.26. The second-order valence-electron chi connectivity index (χ2n) is 3.30. The average Bonchev–Trinajstić information content (AvgIpc) is 2.32. The van der Waals surface area contributed by atoms with Crippen molar-refractivity contribution in [2.24, 2.45) is 0 Å². The first-order chi connectivity index (χ1) is 8.20. The van der Waals surface area contributed by atoms with E-state index < -0.39 is 0 Å². The van der Waals surface area contributed by atoms with Crippen LogP contribution in [-0.2, 0) is 5.88 Å². The molecule has 0 spiro atoms. The van der Waals surface area contributed by atoms with Gasteiger partial charge >= 0.3 is 0 Å². The minimum Gasteiger partial charge on any atom is -0.454 e. The lowest BCUT2D eigenvalue weighted by molar-refractivity contribution is 0.476. The molecule has 0 aliphatic carbocycles. The van der Waals surface area contributed by atoms with Gasteiger partial charge in [0, 0.05) is 16.2 Å². The number of benzene rings is 1. The molecule has 0 saturated carbocycles. The third kappa shape index (κ3) is 3.12. The lowest BCUT2D eigenvalue weighted by atomic mass is 10.2. The van der Waals surface area contributed by atoms with Gasteiger partial charge in [-0.2, -0.15) is 0 Å². The van der Waals surface area contributed by atoms with Crippen LogP contribution in [0.5, 0.6) is 11.5 Å². The predicted octanol–water partition coefficient (Wildman–Crippen LogP) is 5.03. The zero-order valence-corrected chi connectivity index (χ0v) is 11.8. The van der Waals surface area contributed by atoms with Gasteiger partial charge in [-0.05, 0) is 28.1 Å². The van der Waals surface area contributed by atoms with Crippen molar-refractivity contribution in [3.05, 3.63) is 51.7 Å². The fraction of sp³-hybridized carbons (Fsp3) is 0.0833. The van der Waals surface area contributed by atoms with Crippen LogP contribution in [0.2, 0.25) is 5.02 Å². The molecule has 2 rings (SSSR count). The molecule has 0 aliphatic rings. The summed E-state index contributed by atoms with van der Waals surface area (Å²) >= 11 is 15.2. The van der Waals surface area contributed by atoms with Gasteiger partial charge in [0.2, 0.25) is 0 Å². The van der Waals surface area contributed by atoms with Crippen LogP contribution in [0.3, 0.4) is 0 Å². The van der Waals surface area contributed by atoms with E-state index >= 15 is 0 Å². The average molecular weight is 333 g/mol. The molecule has 0 unspecified atom stereocenters. The summed E-state index contributed by atoms with van der Waals surface area (Å²) in [5.74, 6) is 1.53. The molecule has 1 heterocycles. The van der Waals surface area contributed by atoms with E-state index in [1.807, 2.05) is 18.2 Å². The Morgan fingerprint density at radius 2 is 2.12 bits per heavy atom. The molecule has 0 amide bonds. The van der Waals surface area contributed by atoms with Crippen LogP contribution in [-0.4, -0.2) is 4.98 Å². The second-order valence-corrected chi connectivity index (χ2v) is 4.89. The van der Waals surface area contributed by atoms with E-state index in [0.717, 1.165) is 10.0 Å². The highest BCUT2D eigenvalue weighted by Gasteiger charge is 2.09. The summed E-state index contributed by atoms with van der Waals surface area (Å²) in [6, 6.07) is 7.29. The fourth-order valence-electron chi connectivity index (χ4n) is 1.34. The SMILES string of the molecule is ClCc1cccc(Cl)c1Oc1cncc(Br)c1. The molecule has 0 N–H and O–H groups in total. The molecule has 1 aromatic heterocycles. The van der Waals surface area contributed by atoms with Crippen molar-refractivity contribution in [2.75, 3.05) is 0 Å². The second kappa shape index (κ2) is 5.71. The summed E-state index contributed by atoms with van der Waals surface area (Å²) in [7, 11) is 0. The first-order valence-corrected chi connectivity index (χ1v) is 6.53. The summed E-state index contributed by atoms with van der Waals surface area (Å²) in [6.07, 6.45) is 3.30. The predicted molar refractivity (Wildman–Crippen MR) is 73.0 cm³/mol. The Labute approximate surface area is 118 Å². The molecule has 2 aromatic rings. The fourth-order valence-corrected chi connectivity index (χ4v) is 2.13. The third-order valence-electron chi connectivity index (χ3n) is 2.09. The Morgan fingerprint density at radius 3 is 2.82 bits per heavy atom. The molecule has 0 aliphatic heterocycles. The molecule has 0 atom stereocenters. The van der Waals surface area contributed by atoms with E-state index in [4.69, 9.17) is 27.9 Å². The van der Waals surface area contributed by atoms with E-state index in [2.05, 4.69) is 20.9 Å². The highest BCUT2D eigenvalue weighted by molar-refractivity contribution is 9.10. The summed E-state index contributed by atoms with van der Waals surface area (Å²) < 4.78 is 6.55. The number of alkyl halides is 1. The number of para-hydroxylation sites is 1. The minimum atomic E-state index is 0.345. The molecule has 1 aromatic carbocycles. The van der Waals surface area contributed by atoms with E-state index in [-0.39, 0.29) is 0 Å². The standard InChI is InChI=1S/C12H8BrCl2NO/c13-9-4-10(7-16-6-9)17-12-8(5-14)2-1-3-11(12)15/h1-4,6-7H,5H2. The summed E-state index contributed by atoms with van der Waals surface area (Å²) in [6.45, 7) is 0. The molecule has 0 saturated heterocycles. The first-order valence-electron chi connectivity index (χ1n) is 4.82. The smallest absolute Gasteiger partial charge is 0.150 e. The van der Waals surface area contributed by atoms with Gasteiger partial charge in [0.15, 0.2) is 0 Å². The van der Waals surface area contributed by atoms with Crippen LogP contribution in [0.1, 0.15) is 5.56 Å². The normalized spacial score (nSPS) is 10.3. The van der Waals surface area contributed by atoms with Crippen LogP contribution < -0.4 is 4.74 Å². The van der Waals surface area contributed by atoms with Gasteiger partial charge in [-0.15, -0.1) is 11.6 Å². The number of aromatic nitrogens is 1. The van der Waals surface area contributed by atoms with Crippen LogP contribution in [0.25, 0.3) is 0 Å². The third-order valence-corrected chi connectivity index (χ3v) is 3.11. The van der Waals surface area contributed by atoms with Gasteiger partial charge in [-0.1, -0.05) is 23.7 Å². The Bertz CT molecular complexity index is 534. The highest BCUT2D eigenvalue weighted by atomic mass is 79.9. The maximum atomic E-state index is 6.08. The Balaban J connectivity index is 2.35. The number of nitrogens with zero attached hydrogens (tertiary/aromatic N) is 1. The molecular weight excluding hydrogens is 325 g/mol. The van der Waals surface area contributed by atoms with Gasteiger partial charge in [-0.3, -0.25) is 4.98 Å². The van der Waals surface area contributed by atoms with Gasteiger partial charge in [0.05, 0.1) is 17.1 Å². The van der Waals surface area contributed by atoms with Gasteiger partial charge in [0.1, 0.15) is 11.5 Å². The van der Waals surface area contributed by atoms with Crippen LogP contribution in [0, 0.1) is 0 Å². The van der Waals surface area contributed by atoms with Crippen LogP contribution in [0.4, 0.5) is 0 Å². The number of halogens is 3. The monoisotopic (exact) mass is 331 g/mol. The van der Waals surface area contributed by atoms with Crippen molar-refractivity contribution in [2.45, 2.75) is 5.88 Å². The maximum Gasteiger partial charge on any atom is 0.150 e. The Morgan fingerprint density at radius 1 is 1.29 bits per heavy atom. The van der Waals surface area contributed by atoms with Gasteiger partial charge < -0.3 is 4.74 Å². The Hall–Kier alpha value is -0.770. The van der Waals surface area contributed by atoms with Crippen molar-refractivity contribution in [3.63, 3.8) is 0 Å². The van der Waals surface area contributed by atoms with Gasteiger partial charge in [0.25, 0.3) is 0 Å².